The summed E-state index contributed by atoms with van der Waals surface area (Å²) in [6, 6.07) is 2.22. The highest BCUT2D eigenvalue weighted by Crippen LogP contribution is 2.54. The van der Waals surface area contributed by atoms with E-state index in [0.717, 1.165) is 5.57 Å². The first-order valence-corrected chi connectivity index (χ1v) is 4.09. The first-order valence-electron chi connectivity index (χ1n) is 4.09. The van der Waals surface area contributed by atoms with Gasteiger partial charge in [-0.2, -0.15) is 5.26 Å². The van der Waals surface area contributed by atoms with Crippen molar-refractivity contribution in [3.63, 3.8) is 0 Å². The zero-order chi connectivity index (χ0) is 9.35. The molecule has 1 rings (SSSR count). The monoisotopic (exact) mass is 163 g/mol. The summed E-state index contributed by atoms with van der Waals surface area (Å²) >= 11 is 0. The summed E-state index contributed by atoms with van der Waals surface area (Å²) in [7, 11) is 0. The summed E-state index contributed by atoms with van der Waals surface area (Å²) < 4.78 is 0. The quantitative estimate of drug-likeness (QED) is 0.585. The van der Waals surface area contributed by atoms with Crippen LogP contribution >= 0.6 is 0 Å². The van der Waals surface area contributed by atoms with Gasteiger partial charge in [0.05, 0.1) is 11.5 Å². The summed E-state index contributed by atoms with van der Waals surface area (Å²) in [5, 5.41) is 8.88. The van der Waals surface area contributed by atoms with Gasteiger partial charge in [0, 0.05) is 5.92 Å². The summed E-state index contributed by atoms with van der Waals surface area (Å²) in [5.41, 5.74) is 0.658. The van der Waals surface area contributed by atoms with Crippen molar-refractivity contribution in [3.05, 3.63) is 11.6 Å². The fraction of sp³-hybridized carbons (Fsp3) is 0.600. The van der Waals surface area contributed by atoms with Gasteiger partial charge in [-0.3, -0.25) is 4.79 Å². The van der Waals surface area contributed by atoms with E-state index in [-0.39, 0.29) is 11.7 Å². The van der Waals surface area contributed by atoms with Gasteiger partial charge in [0.1, 0.15) is 5.78 Å². The lowest BCUT2D eigenvalue weighted by Gasteiger charge is -1.99. The molecule has 0 spiro atoms. The van der Waals surface area contributed by atoms with E-state index in [2.05, 4.69) is 6.07 Å². The van der Waals surface area contributed by atoms with Gasteiger partial charge >= 0.3 is 0 Å². The van der Waals surface area contributed by atoms with Gasteiger partial charge in [0.25, 0.3) is 0 Å². The van der Waals surface area contributed by atoms with Crippen molar-refractivity contribution in [1.82, 2.24) is 0 Å². The number of carbonyl (C=O) groups excluding carboxylic acids is 1. The van der Waals surface area contributed by atoms with Crippen LogP contribution in [-0.4, -0.2) is 5.78 Å². The van der Waals surface area contributed by atoms with Crippen LogP contribution in [0.1, 0.15) is 27.2 Å². The number of hydrogen-bond acceptors (Lipinski definition) is 2. The van der Waals surface area contributed by atoms with Gasteiger partial charge in [0.2, 0.25) is 0 Å². The molecule has 1 aliphatic carbocycles. The number of Topliss-reactive ketones (excluding diaryl/α,β-unsaturated/α-hetero) is 1. The summed E-state index contributed by atoms with van der Waals surface area (Å²) in [6.07, 6.45) is 2.63. The number of ketones is 1. The molecule has 0 heterocycles. The maximum atomic E-state index is 11.0. The zero-order valence-electron chi connectivity index (χ0n) is 7.72. The highest BCUT2D eigenvalue weighted by atomic mass is 16.1. The standard InChI is InChI=1S/C10H13NO/c1-7(2)4-10(6-11)5-9(10)8(3)12/h4,9H,5H2,1-3H3. The van der Waals surface area contributed by atoms with Gasteiger partial charge < -0.3 is 0 Å². The predicted molar refractivity (Wildman–Crippen MR) is 46.3 cm³/mol. The first kappa shape index (κ1) is 8.99. The fourth-order valence-electron chi connectivity index (χ4n) is 1.62. The minimum Gasteiger partial charge on any atom is -0.300 e. The fourth-order valence-corrected chi connectivity index (χ4v) is 1.62. The third-order valence-corrected chi connectivity index (χ3v) is 2.25. The van der Waals surface area contributed by atoms with Crippen LogP contribution in [0.25, 0.3) is 0 Å². The van der Waals surface area contributed by atoms with Crippen LogP contribution < -0.4 is 0 Å². The zero-order valence-corrected chi connectivity index (χ0v) is 7.72. The van der Waals surface area contributed by atoms with E-state index in [4.69, 9.17) is 5.26 Å². The topological polar surface area (TPSA) is 40.9 Å². The van der Waals surface area contributed by atoms with E-state index in [1.807, 2.05) is 19.9 Å². The second kappa shape index (κ2) is 2.75. The number of nitriles is 1. The summed E-state index contributed by atoms with van der Waals surface area (Å²) in [6.45, 7) is 5.46. The first-order chi connectivity index (χ1) is 5.52. The maximum absolute atomic E-state index is 11.0. The molecule has 0 saturated heterocycles. The number of rotatable bonds is 2. The second-order valence-electron chi connectivity index (χ2n) is 3.74. The van der Waals surface area contributed by atoms with E-state index < -0.39 is 5.41 Å². The van der Waals surface area contributed by atoms with Gasteiger partial charge in [-0.25, -0.2) is 0 Å². The Morgan fingerprint density at radius 2 is 2.17 bits per heavy atom. The van der Waals surface area contributed by atoms with Crippen molar-refractivity contribution in [2.75, 3.05) is 0 Å². The Morgan fingerprint density at radius 1 is 1.58 bits per heavy atom. The molecule has 1 aliphatic rings. The van der Waals surface area contributed by atoms with Crippen LogP contribution in [0.15, 0.2) is 11.6 Å². The molecule has 64 valence electrons. The van der Waals surface area contributed by atoms with Crippen molar-refractivity contribution < 1.29 is 4.79 Å². The third kappa shape index (κ3) is 1.40. The Labute approximate surface area is 72.9 Å². The number of carbonyl (C=O) groups is 1. The molecule has 1 saturated carbocycles. The normalized spacial score (nSPS) is 32.0. The van der Waals surface area contributed by atoms with E-state index in [1.54, 1.807) is 6.92 Å². The Kier molecular flexibility index (Phi) is 2.06. The number of allylic oxidation sites excluding steroid dienone is 2. The molecule has 2 atom stereocenters. The highest BCUT2D eigenvalue weighted by molar-refractivity contribution is 5.83. The molecule has 0 aromatic carbocycles. The smallest absolute Gasteiger partial charge is 0.134 e. The maximum Gasteiger partial charge on any atom is 0.134 e. The minimum atomic E-state index is -0.454. The molecule has 0 radical (unpaired) electrons. The van der Waals surface area contributed by atoms with Crippen LogP contribution in [0, 0.1) is 22.7 Å². The molecule has 1 fully saturated rings. The minimum absolute atomic E-state index is 0.0441. The van der Waals surface area contributed by atoms with Gasteiger partial charge in [0.15, 0.2) is 0 Å². The van der Waals surface area contributed by atoms with Crippen LogP contribution in [0.2, 0.25) is 0 Å². The van der Waals surface area contributed by atoms with E-state index >= 15 is 0 Å². The average Bonchev–Trinajstić information content (AvgIpc) is 2.63. The SMILES string of the molecule is CC(=O)C1CC1(C#N)C=C(C)C. The highest BCUT2D eigenvalue weighted by Gasteiger charge is 2.55. The second-order valence-corrected chi connectivity index (χ2v) is 3.74. The van der Waals surface area contributed by atoms with E-state index in [9.17, 15) is 4.79 Å². The number of hydrogen-bond donors (Lipinski definition) is 0. The van der Waals surface area contributed by atoms with E-state index in [1.165, 1.54) is 0 Å². The molecular formula is C10H13NO. The molecule has 0 aromatic rings. The third-order valence-electron chi connectivity index (χ3n) is 2.25. The molecular weight excluding hydrogens is 150 g/mol. The summed E-state index contributed by atoms with van der Waals surface area (Å²) in [5.74, 6) is 0.0893. The Bertz CT molecular complexity index is 281. The Hall–Kier alpha value is -1.10. The molecule has 0 amide bonds. The van der Waals surface area contributed by atoms with Gasteiger partial charge in [-0.1, -0.05) is 11.6 Å². The average molecular weight is 163 g/mol. The largest absolute Gasteiger partial charge is 0.300 e. The van der Waals surface area contributed by atoms with Gasteiger partial charge in [-0.15, -0.1) is 0 Å². The Balaban J connectivity index is 2.81. The molecule has 0 aliphatic heterocycles. The van der Waals surface area contributed by atoms with Crippen molar-refractivity contribution in [2.24, 2.45) is 11.3 Å². The molecule has 0 bridgehead atoms. The van der Waals surface area contributed by atoms with E-state index in [0.29, 0.717) is 6.42 Å². The lowest BCUT2D eigenvalue weighted by molar-refractivity contribution is -0.118. The van der Waals surface area contributed by atoms with Gasteiger partial charge in [-0.05, 0) is 27.2 Å². The molecule has 12 heavy (non-hydrogen) atoms. The molecule has 2 heteroatoms. The molecule has 0 N–H and O–H groups in total. The lowest BCUT2D eigenvalue weighted by Crippen LogP contribution is -2.03. The van der Waals surface area contributed by atoms with Crippen LogP contribution in [-0.2, 0) is 4.79 Å². The van der Waals surface area contributed by atoms with Crippen molar-refractivity contribution in [3.8, 4) is 6.07 Å². The van der Waals surface area contributed by atoms with Crippen molar-refractivity contribution >= 4 is 5.78 Å². The van der Waals surface area contributed by atoms with Crippen LogP contribution in [0.5, 0.6) is 0 Å². The molecule has 0 aromatic heterocycles. The molecule has 2 nitrogen and oxygen atoms in total. The number of nitrogens with zero attached hydrogens (tertiary/aromatic N) is 1. The van der Waals surface area contributed by atoms with Crippen LogP contribution in [0.3, 0.4) is 0 Å². The van der Waals surface area contributed by atoms with Crippen molar-refractivity contribution in [2.45, 2.75) is 27.2 Å². The molecule has 2 unspecified atom stereocenters. The van der Waals surface area contributed by atoms with Crippen molar-refractivity contribution in [1.29, 1.82) is 5.26 Å². The van der Waals surface area contributed by atoms with Crippen LogP contribution in [0.4, 0.5) is 0 Å². The Morgan fingerprint density at radius 3 is 2.42 bits per heavy atom. The predicted octanol–water partition coefficient (Wildman–Crippen LogP) is 2.07. The summed E-state index contributed by atoms with van der Waals surface area (Å²) in [4.78, 5) is 11.0. The lowest BCUT2D eigenvalue weighted by atomic mass is 10.0.